The van der Waals surface area contributed by atoms with Crippen LogP contribution in [0.15, 0.2) is 16.5 Å². The zero-order valence-electron chi connectivity index (χ0n) is 8.86. The second kappa shape index (κ2) is 3.70. The summed E-state index contributed by atoms with van der Waals surface area (Å²) in [4.78, 5) is 10.8. The van der Waals surface area contributed by atoms with E-state index >= 15 is 0 Å². The monoisotopic (exact) mass is 209 g/mol. The fraction of sp³-hybridized carbons (Fsp3) is 0.545. The van der Waals surface area contributed by atoms with E-state index < -0.39 is 5.97 Å². The molecule has 0 radical (unpaired) electrons. The van der Waals surface area contributed by atoms with Crippen LogP contribution in [0.3, 0.4) is 0 Å². The minimum atomic E-state index is -0.705. The zero-order chi connectivity index (χ0) is 11.0. The lowest BCUT2D eigenvalue weighted by atomic mass is 10.1. The third-order valence-electron chi connectivity index (χ3n) is 2.96. The highest BCUT2D eigenvalue weighted by Gasteiger charge is 2.48. The van der Waals surface area contributed by atoms with Crippen LogP contribution >= 0.6 is 0 Å². The summed E-state index contributed by atoms with van der Waals surface area (Å²) in [6.07, 6.45) is 0.737. The van der Waals surface area contributed by atoms with Gasteiger partial charge in [0.05, 0.1) is 12.0 Å². The Kier molecular flexibility index (Phi) is 2.52. The van der Waals surface area contributed by atoms with Crippen molar-refractivity contribution in [3.63, 3.8) is 0 Å². The maximum atomic E-state index is 10.8. The van der Waals surface area contributed by atoms with Crippen molar-refractivity contribution in [3.05, 3.63) is 23.7 Å². The molecule has 0 amide bonds. The lowest BCUT2D eigenvalue weighted by molar-refractivity contribution is -0.138. The van der Waals surface area contributed by atoms with Crippen LogP contribution in [0, 0.1) is 18.8 Å². The van der Waals surface area contributed by atoms with Gasteiger partial charge < -0.3 is 14.8 Å². The molecule has 0 spiro atoms. The summed E-state index contributed by atoms with van der Waals surface area (Å²) in [5, 5.41) is 12.0. The van der Waals surface area contributed by atoms with E-state index in [0.717, 1.165) is 17.9 Å². The predicted octanol–water partition coefficient (Wildman–Crippen LogP) is 1.57. The Morgan fingerprint density at radius 3 is 2.80 bits per heavy atom. The normalized spacial score (nSPS) is 26.3. The Morgan fingerprint density at radius 1 is 1.67 bits per heavy atom. The highest BCUT2D eigenvalue weighted by Crippen LogP contribution is 2.47. The molecule has 1 aromatic heterocycles. The summed E-state index contributed by atoms with van der Waals surface area (Å²) in [5.41, 5.74) is 0. The number of aryl methyl sites for hydroxylation is 1. The Bertz CT molecular complexity index is 372. The molecule has 1 fully saturated rings. The molecular weight excluding hydrogens is 194 g/mol. The van der Waals surface area contributed by atoms with Crippen LogP contribution < -0.4 is 5.32 Å². The van der Waals surface area contributed by atoms with Gasteiger partial charge in [-0.15, -0.1) is 0 Å². The summed E-state index contributed by atoms with van der Waals surface area (Å²) in [6.45, 7) is 1.89. The van der Waals surface area contributed by atoms with Crippen LogP contribution in [0.2, 0.25) is 0 Å². The van der Waals surface area contributed by atoms with Crippen molar-refractivity contribution in [1.82, 2.24) is 5.32 Å². The first-order chi connectivity index (χ1) is 7.13. The lowest BCUT2D eigenvalue weighted by Crippen LogP contribution is -2.19. The molecule has 0 saturated heterocycles. The molecule has 1 aliphatic carbocycles. The Balaban J connectivity index is 2.09. The number of carbonyl (C=O) groups is 1. The average molecular weight is 209 g/mol. The molecule has 1 aliphatic rings. The third-order valence-corrected chi connectivity index (χ3v) is 2.96. The molecule has 15 heavy (non-hydrogen) atoms. The van der Waals surface area contributed by atoms with Gasteiger partial charge in [-0.05, 0) is 38.4 Å². The lowest BCUT2D eigenvalue weighted by Gasteiger charge is -2.12. The quantitative estimate of drug-likeness (QED) is 0.790. The van der Waals surface area contributed by atoms with Crippen molar-refractivity contribution >= 4 is 5.97 Å². The Hall–Kier alpha value is -1.29. The van der Waals surface area contributed by atoms with Crippen LogP contribution in [0.1, 0.15) is 24.0 Å². The molecule has 3 unspecified atom stereocenters. The van der Waals surface area contributed by atoms with Crippen LogP contribution in [-0.2, 0) is 4.79 Å². The summed E-state index contributed by atoms with van der Waals surface area (Å²) >= 11 is 0. The maximum absolute atomic E-state index is 10.8. The molecule has 2 N–H and O–H groups in total. The van der Waals surface area contributed by atoms with Gasteiger partial charge >= 0.3 is 5.97 Å². The molecule has 1 aromatic rings. The van der Waals surface area contributed by atoms with Gasteiger partial charge in [-0.1, -0.05) is 0 Å². The fourth-order valence-corrected chi connectivity index (χ4v) is 2.05. The van der Waals surface area contributed by atoms with E-state index in [1.807, 2.05) is 26.1 Å². The number of hydrogen-bond donors (Lipinski definition) is 2. The molecule has 3 atom stereocenters. The Labute approximate surface area is 88.3 Å². The van der Waals surface area contributed by atoms with E-state index in [1.54, 1.807) is 0 Å². The van der Waals surface area contributed by atoms with Gasteiger partial charge in [0.25, 0.3) is 0 Å². The van der Waals surface area contributed by atoms with Crippen LogP contribution in [0.4, 0.5) is 0 Å². The van der Waals surface area contributed by atoms with E-state index in [4.69, 9.17) is 9.52 Å². The number of rotatable bonds is 4. The Morgan fingerprint density at radius 2 is 2.40 bits per heavy atom. The van der Waals surface area contributed by atoms with Gasteiger partial charge in [0.1, 0.15) is 11.5 Å². The highest BCUT2D eigenvalue weighted by molar-refractivity contribution is 5.73. The van der Waals surface area contributed by atoms with Crippen molar-refractivity contribution in [2.45, 2.75) is 19.4 Å². The SMILES string of the molecule is CNC(c1ccc(C)o1)C1CC1C(=O)O. The molecule has 1 heterocycles. The van der Waals surface area contributed by atoms with E-state index in [1.165, 1.54) is 0 Å². The predicted molar refractivity (Wildman–Crippen MR) is 54.5 cm³/mol. The number of furan rings is 1. The first-order valence-corrected chi connectivity index (χ1v) is 5.10. The first kappa shape index (κ1) is 10.2. The summed E-state index contributed by atoms with van der Waals surface area (Å²) in [7, 11) is 1.83. The van der Waals surface area contributed by atoms with Crippen molar-refractivity contribution in [3.8, 4) is 0 Å². The molecule has 2 rings (SSSR count). The summed E-state index contributed by atoms with van der Waals surface area (Å²) in [5.74, 6) is 0.941. The van der Waals surface area contributed by atoms with Gasteiger partial charge in [0.2, 0.25) is 0 Å². The van der Waals surface area contributed by atoms with Gasteiger partial charge in [-0.3, -0.25) is 4.79 Å². The van der Waals surface area contributed by atoms with E-state index in [9.17, 15) is 4.79 Å². The molecule has 4 nitrogen and oxygen atoms in total. The topological polar surface area (TPSA) is 62.5 Å². The van der Waals surface area contributed by atoms with E-state index in [0.29, 0.717) is 0 Å². The molecule has 0 aromatic carbocycles. The largest absolute Gasteiger partial charge is 0.481 e. The first-order valence-electron chi connectivity index (χ1n) is 5.10. The minimum absolute atomic E-state index is 0.0276. The second-order valence-electron chi connectivity index (χ2n) is 4.06. The van der Waals surface area contributed by atoms with Gasteiger partial charge in [0.15, 0.2) is 0 Å². The van der Waals surface area contributed by atoms with Crippen LogP contribution in [-0.4, -0.2) is 18.1 Å². The van der Waals surface area contributed by atoms with Crippen molar-refractivity contribution in [1.29, 1.82) is 0 Å². The standard InChI is InChI=1S/C11H15NO3/c1-6-3-4-9(15-6)10(12-2)7-5-8(7)11(13)14/h3-4,7-8,10,12H,5H2,1-2H3,(H,13,14). The molecule has 0 aliphatic heterocycles. The fourth-order valence-electron chi connectivity index (χ4n) is 2.05. The second-order valence-corrected chi connectivity index (χ2v) is 4.06. The molecule has 1 saturated carbocycles. The number of carboxylic acids is 1. The number of carboxylic acid groups (broad SMARTS) is 1. The van der Waals surface area contributed by atoms with Crippen molar-refractivity contribution < 1.29 is 14.3 Å². The zero-order valence-corrected chi connectivity index (χ0v) is 8.86. The minimum Gasteiger partial charge on any atom is -0.481 e. The number of nitrogens with one attached hydrogen (secondary N) is 1. The molecular formula is C11H15NO3. The molecule has 4 heteroatoms. The average Bonchev–Trinajstić information content (AvgIpc) is 2.85. The van der Waals surface area contributed by atoms with Gasteiger partial charge in [-0.25, -0.2) is 0 Å². The smallest absolute Gasteiger partial charge is 0.306 e. The van der Waals surface area contributed by atoms with E-state index in [-0.39, 0.29) is 17.9 Å². The third kappa shape index (κ3) is 1.90. The van der Waals surface area contributed by atoms with Crippen LogP contribution in [0.25, 0.3) is 0 Å². The summed E-state index contributed by atoms with van der Waals surface area (Å²) in [6, 6.07) is 3.84. The van der Waals surface area contributed by atoms with Crippen LogP contribution in [0.5, 0.6) is 0 Å². The number of hydrogen-bond acceptors (Lipinski definition) is 3. The van der Waals surface area contributed by atoms with Gasteiger partial charge in [0, 0.05) is 0 Å². The van der Waals surface area contributed by atoms with Crippen molar-refractivity contribution in [2.24, 2.45) is 11.8 Å². The van der Waals surface area contributed by atoms with Gasteiger partial charge in [-0.2, -0.15) is 0 Å². The number of aliphatic carboxylic acids is 1. The molecule has 0 bridgehead atoms. The maximum Gasteiger partial charge on any atom is 0.306 e. The highest BCUT2D eigenvalue weighted by atomic mass is 16.4. The molecule has 82 valence electrons. The summed E-state index contributed by atoms with van der Waals surface area (Å²) < 4.78 is 5.51. The van der Waals surface area contributed by atoms with E-state index in [2.05, 4.69) is 5.32 Å². The van der Waals surface area contributed by atoms with Crippen molar-refractivity contribution in [2.75, 3.05) is 7.05 Å².